The number of fused-ring (bicyclic) bond motifs is 1. The maximum Gasteiger partial charge on any atom is 0.253 e. The highest BCUT2D eigenvalue weighted by atomic mass is 16.1. The maximum absolute atomic E-state index is 12.0. The third kappa shape index (κ3) is 2.64. The van der Waals surface area contributed by atoms with Crippen LogP contribution in [0.1, 0.15) is 36.5 Å². The third-order valence-electron chi connectivity index (χ3n) is 2.79. The molecule has 0 aliphatic rings. The molecule has 0 radical (unpaired) electrons. The molecule has 0 unspecified atom stereocenters. The first-order valence-corrected chi connectivity index (χ1v) is 6.03. The second-order valence-corrected chi connectivity index (χ2v) is 4.10. The van der Waals surface area contributed by atoms with Crippen molar-refractivity contribution in [2.24, 2.45) is 0 Å². The molecule has 2 aromatic rings. The zero-order chi connectivity index (χ0) is 12.1. The molecule has 0 saturated carbocycles. The van der Waals surface area contributed by atoms with Gasteiger partial charge < -0.3 is 5.32 Å². The Kier molecular flexibility index (Phi) is 3.75. The molecule has 0 atom stereocenters. The molecule has 1 heterocycles. The van der Waals surface area contributed by atoms with Gasteiger partial charge in [-0.2, -0.15) is 5.10 Å². The zero-order valence-electron chi connectivity index (χ0n) is 9.99. The van der Waals surface area contributed by atoms with E-state index in [1.54, 1.807) is 6.20 Å². The van der Waals surface area contributed by atoms with Crippen LogP contribution < -0.4 is 5.32 Å². The minimum atomic E-state index is -0.0315. The van der Waals surface area contributed by atoms with E-state index < -0.39 is 0 Å². The summed E-state index contributed by atoms with van der Waals surface area (Å²) in [4.78, 5) is 12.0. The summed E-state index contributed by atoms with van der Waals surface area (Å²) in [6.45, 7) is 2.88. The van der Waals surface area contributed by atoms with Crippen molar-refractivity contribution in [2.75, 3.05) is 6.54 Å². The number of para-hydroxylation sites is 1. The van der Waals surface area contributed by atoms with Crippen molar-refractivity contribution in [3.05, 3.63) is 30.0 Å². The average Bonchev–Trinajstić information content (AvgIpc) is 2.82. The number of benzene rings is 1. The van der Waals surface area contributed by atoms with Gasteiger partial charge in [0.15, 0.2) is 0 Å². The Morgan fingerprint density at radius 3 is 3.12 bits per heavy atom. The molecular weight excluding hydrogens is 214 g/mol. The van der Waals surface area contributed by atoms with Crippen LogP contribution in [-0.4, -0.2) is 22.6 Å². The lowest BCUT2D eigenvalue weighted by Crippen LogP contribution is -2.24. The van der Waals surface area contributed by atoms with Gasteiger partial charge in [-0.15, -0.1) is 0 Å². The Morgan fingerprint density at radius 2 is 2.29 bits per heavy atom. The van der Waals surface area contributed by atoms with Crippen LogP contribution in [0.3, 0.4) is 0 Å². The van der Waals surface area contributed by atoms with Crippen molar-refractivity contribution < 1.29 is 4.79 Å². The molecule has 4 heteroatoms. The Balaban J connectivity index is 2.06. The van der Waals surface area contributed by atoms with Gasteiger partial charge in [0.2, 0.25) is 0 Å². The number of carbonyl (C=O) groups excluding carboxylic acids is 1. The molecule has 0 aliphatic heterocycles. The van der Waals surface area contributed by atoms with E-state index in [9.17, 15) is 4.79 Å². The van der Waals surface area contributed by atoms with Crippen LogP contribution in [0.25, 0.3) is 10.9 Å². The number of hydrogen-bond donors (Lipinski definition) is 2. The topological polar surface area (TPSA) is 57.8 Å². The Morgan fingerprint density at radius 1 is 1.41 bits per heavy atom. The Bertz CT molecular complexity index is 504. The number of rotatable bonds is 5. The molecule has 0 aliphatic carbocycles. The highest BCUT2D eigenvalue weighted by Crippen LogP contribution is 2.15. The summed E-state index contributed by atoms with van der Waals surface area (Å²) < 4.78 is 0. The molecule has 2 rings (SSSR count). The molecular formula is C13H17N3O. The van der Waals surface area contributed by atoms with E-state index in [2.05, 4.69) is 22.4 Å². The second kappa shape index (κ2) is 5.48. The molecule has 0 bridgehead atoms. The molecule has 90 valence electrons. The zero-order valence-corrected chi connectivity index (χ0v) is 9.99. The van der Waals surface area contributed by atoms with Crippen LogP contribution in [0.2, 0.25) is 0 Å². The van der Waals surface area contributed by atoms with E-state index in [-0.39, 0.29) is 5.91 Å². The van der Waals surface area contributed by atoms with Gasteiger partial charge in [-0.05, 0) is 12.5 Å². The van der Waals surface area contributed by atoms with Crippen LogP contribution in [0.5, 0.6) is 0 Å². The van der Waals surface area contributed by atoms with Gasteiger partial charge in [-0.3, -0.25) is 9.89 Å². The predicted octanol–water partition coefficient (Wildman–Crippen LogP) is 2.48. The SMILES string of the molecule is CCCCCNC(=O)c1cccc2cn[nH]c12. The van der Waals surface area contributed by atoms with Crippen molar-refractivity contribution in [3.8, 4) is 0 Å². The molecule has 0 fully saturated rings. The highest BCUT2D eigenvalue weighted by molar-refractivity contribution is 6.05. The first kappa shape index (κ1) is 11.6. The van der Waals surface area contributed by atoms with Crippen molar-refractivity contribution in [1.82, 2.24) is 15.5 Å². The molecule has 1 aromatic heterocycles. The summed E-state index contributed by atoms with van der Waals surface area (Å²) in [7, 11) is 0. The lowest BCUT2D eigenvalue weighted by molar-refractivity contribution is 0.0954. The normalized spacial score (nSPS) is 10.6. The Hall–Kier alpha value is -1.84. The summed E-state index contributed by atoms with van der Waals surface area (Å²) in [5, 5.41) is 10.7. The fourth-order valence-corrected chi connectivity index (χ4v) is 1.83. The largest absolute Gasteiger partial charge is 0.352 e. The van der Waals surface area contributed by atoms with Crippen LogP contribution in [-0.2, 0) is 0 Å². The summed E-state index contributed by atoms with van der Waals surface area (Å²) in [6.07, 6.45) is 5.06. The Labute approximate surface area is 100 Å². The van der Waals surface area contributed by atoms with E-state index >= 15 is 0 Å². The van der Waals surface area contributed by atoms with E-state index in [1.165, 1.54) is 0 Å². The molecule has 0 spiro atoms. The quantitative estimate of drug-likeness (QED) is 0.777. The molecule has 1 aromatic carbocycles. The number of amides is 1. The number of hydrogen-bond acceptors (Lipinski definition) is 2. The number of aromatic amines is 1. The monoisotopic (exact) mass is 231 g/mol. The van der Waals surface area contributed by atoms with Gasteiger partial charge in [-0.25, -0.2) is 0 Å². The van der Waals surface area contributed by atoms with E-state index in [0.717, 1.165) is 36.7 Å². The number of nitrogens with one attached hydrogen (secondary N) is 2. The number of carbonyl (C=O) groups is 1. The molecule has 0 saturated heterocycles. The van der Waals surface area contributed by atoms with Crippen molar-refractivity contribution >= 4 is 16.8 Å². The van der Waals surface area contributed by atoms with Gasteiger partial charge in [0.25, 0.3) is 5.91 Å². The van der Waals surface area contributed by atoms with Gasteiger partial charge >= 0.3 is 0 Å². The standard InChI is InChI=1S/C13H17N3O/c1-2-3-4-8-14-13(17)11-7-5-6-10-9-15-16-12(10)11/h5-7,9H,2-4,8H2,1H3,(H,14,17)(H,15,16). The summed E-state index contributed by atoms with van der Waals surface area (Å²) in [5.41, 5.74) is 1.47. The summed E-state index contributed by atoms with van der Waals surface area (Å²) in [5.74, 6) is -0.0315. The molecule has 4 nitrogen and oxygen atoms in total. The van der Waals surface area contributed by atoms with Crippen molar-refractivity contribution in [2.45, 2.75) is 26.2 Å². The van der Waals surface area contributed by atoms with Crippen LogP contribution in [0.4, 0.5) is 0 Å². The minimum Gasteiger partial charge on any atom is -0.352 e. The van der Waals surface area contributed by atoms with Crippen molar-refractivity contribution in [3.63, 3.8) is 0 Å². The smallest absolute Gasteiger partial charge is 0.253 e. The van der Waals surface area contributed by atoms with E-state index in [0.29, 0.717) is 5.56 Å². The number of H-pyrrole nitrogens is 1. The van der Waals surface area contributed by atoms with Crippen LogP contribution in [0.15, 0.2) is 24.4 Å². The third-order valence-corrected chi connectivity index (χ3v) is 2.79. The first-order chi connectivity index (χ1) is 8.33. The van der Waals surface area contributed by atoms with Crippen LogP contribution >= 0.6 is 0 Å². The molecule has 1 amide bonds. The average molecular weight is 231 g/mol. The second-order valence-electron chi connectivity index (χ2n) is 4.10. The fraction of sp³-hybridized carbons (Fsp3) is 0.385. The number of aromatic nitrogens is 2. The summed E-state index contributed by atoms with van der Waals surface area (Å²) in [6, 6.07) is 5.63. The maximum atomic E-state index is 12.0. The van der Waals surface area contributed by atoms with Gasteiger partial charge in [0.05, 0.1) is 17.3 Å². The van der Waals surface area contributed by atoms with E-state index in [4.69, 9.17) is 0 Å². The summed E-state index contributed by atoms with van der Waals surface area (Å²) >= 11 is 0. The highest BCUT2D eigenvalue weighted by Gasteiger charge is 2.09. The molecule has 17 heavy (non-hydrogen) atoms. The minimum absolute atomic E-state index is 0.0315. The molecule has 2 N–H and O–H groups in total. The fourth-order valence-electron chi connectivity index (χ4n) is 1.83. The number of unbranched alkanes of at least 4 members (excludes halogenated alkanes) is 2. The van der Waals surface area contributed by atoms with Gasteiger partial charge in [0.1, 0.15) is 0 Å². The number of nitrogens with zero attached hydrogens (tertiary/aromatic N) is 1. The van der Waals surface area contributed by atoms with Crippen LogP contribution in [0, 0.1) is 0 Å². The lowest BCUT2D eigenvalue weighted by Gasteiger charge is -2.05. The van der Waals surface area contributed by atoms with Crippen molar-refractivity contribution in [1.29, 1.82) is 0 Å². The first-order valence-electron chi connectivity index (χ1n) is 6.03. The predicted molar refractivity (Wildman–Crippen MR) is 68.0 cm³/mol. The van der Waals surface area contributed by atoms with E-state index in [1.807, 2.05) is 18.2 Å². The van der Waals surface area contributed by atoms with Gasteiger partial charge in [0, 0.05) is 11.9 Å². The lowest BCUT2D eigenvalue weighted by atomic mass is 10.1. The van der Waals surface area contributed by atoms with Gasteiger partial charge in [-0.1, -0.05) is 31.9 Å².